The maximum Gasteiger partial charge on any atom is 0.416 e. The van der Waals surface area contributed by atoms with Gasteiger partial charge in [0.15, 0.2) is 0 Å². The van der Waals surface area contributed by atoms with E-state index in [9.17, 15) is 22.8 Å². The number of benzene rings is 2. The minimum atomic E-state index is -4.41. The van der Waals surface area contributed by atoms with Crippen LogP contribution in [-0.2, 0) is 15.7 Å². The average Bonchev–Trinajstić information content (AvgIpc) is 2.60. The van der Waals surface area contributed by atoms with Gasteiger partial charge in [-0.3, -0.25) is 4.79 Å². The van der Waals surface area contributed by atoms with E-state index in [0.29, 0.717) is 11.4 Å². The summed E-state index contributed by atoms with van der Waals surface area (Å²) in [5, 5.41) is 5.30. The molecule has 0 aliphatic carbocycles. The van der Waals surface area contributed by atoms with Crippen LogP contribution >= 0.6 is 0 Å². The number of alkyl halides is 3. The van der Waals surface area contributed by atoms with Crippen molar-refractivity contribution in [2.75, 3.05) is 23.8 Å². The average molecular weight is 366 g/mol. The number of hydrogen-bond donors (Lipinski definition) is 2. The normalized spacial score (nSPS) is 10.9. The molecule has 0 aliphatic heterocycles. The highest BCUT2D eigenvalue weighted by molar-refractivity contribution is 6.02. The molecule has 0 fully saturated rings. The van der Waals surface area contributed by atoms with Crippen LogP contribution in [-0.4, -0.2) is 25.0 Å². The second-order valence-electron chi connectivity index (χ2n) is 5.24. The largest absolute Gasteiger partial charge is 0.462 e. The summed E-state index contributed by atoms with van der Waals surface area (Å²) in [5.74, 6) is -1.01. The molecule has 2 N–H and O–H groups in total. The Morgan fingerprint density at radius 1 is 1.04 bits per heavy atom. The third-order valence-electron chi connectivity index (χ3n) is 3.36. The molecule has 5 nitrogen and oxygen atoms in total. The zero-order chi connectivity index (χ0) is 19.2. The molecular formula is C18H17F3N2O3. The molecule has 0 heterocycles. The number of nitrogens with one attached hydrogen (secondary N) is 2. The Morgan fingerprint density at radius 3 is 2.31 bits per heavy atom. The van der Waals surface area contributed by atoms with E-state index in [1.54, 1.807) is 25.1 Å². The Hall–Kier alpha value is -3.03. The summed E-state index contributed by atoms with van der Waals surface area (Å²) < 4.78 is 42.5. The number of para-hydroxylation sites is 1. The van der Waals surface area contributed by atoms with Crippen LogP contribution in [0.3, 0.4) is 0 Å². The van der Waals surface area contributed by atoms with Crippen LogP contribution in [0.25, 0.3) is 0 Å². The van der Waals surface area contributed by atoms with Gasteiger partial charge in [0.2, 0.25) is 5.91 Å². The monoisotopic (exact) mass is 366 g/mol. The Morgan fingerprint density at radius 2 is 1.69 bits per heavy atom. The Labute approximate surface area is 148 Å². The third-order valence-corrected chi connectivity index (χ3v) is 3.36. The van der Waals surface area contributed by atoms with Gasteiger partial charge in [-0.05, 0) is 43.3 Å². The lowest BCUT2D eigenvalue weighted by Gasteiger charge is -2.12. The lowest BCUT2D eigenvalue weighted by Crippen LogP contribution is -2.23. The van der Waals surface area contributed by atoms with Gasteiger partial charge in [-0.15, -0.1) is 0 Å². The second kappa shape index (κ2) is 8.37. The first kappa shape index (κ1) is 19.3. The van der Waals surface area contributed by atoms with Crippen molar-refractivity contribution in [3.05, 3.63) is 59.7 Å². The fraction of sp³-hybridized carbons (Fsp3) is 0.222. The molecule has 0 spiro atoms. The number of hydrogen-bond acceptors (Lipinski definition) is 4. The summed E-state index contributed by atoms with van der Waals surface area (Å²) in [7, 11) is 0. The molecule has 2 rings (SSSR count). The van der Waals surface area contributed by atoms with Gasteiger partial charge in [-0.2, -0.15) is 13.2 Å². The van der Waals surface area contributed by atoms with E-state index in [0.717, 1.165) is 12.1 Å². The number of anilines is 2. The van der Waals surface area contributed by atoms with Crippen LogP contribution in [0.15, 0.2) is 48.5 Å². The van der Waals surface area contributed by atoms with Crippen molar-refractivity contribution in [3.63, 3.8) is 0 Å². The van der Waals surface area contributed by atoms with E-state index in [1.807, 2.05) is 0 Å². The SMILES string of the molecule is CCOC(=O)c1ccccc1NC(=O)CNc1ccc(C(F)(F)F)cc1. The molecule has 0 saturated heterocycles. The van der Waals surface area contributed by atoms with Gasteiger partial charge < -0.3 is 15.4 Å². The van der Waals surface area contributed by atoms with E-state index in [2.05, 4.69) is 10.6 Å². The predicted octanol–water partition coefficient (Wildman–Crippen LogP) is 3.93. The molecule has 8 heteroatoms. The molecule has 0 saturated carbocycles. The molecule has 0 aromatic heterocycles. The molecule has 26 heavy (non-hydrogen) atoms. The first-order chi connectivity index (χ1) is 12.3. The topological polar surface area (TPSA) is 67.4 Å². The molecular weight excluding hydrogens is 349 g/mol. The number of ether oxygens (including phenoxy) is 1. The second-order valence-corrected chi connectivity index (χ2v) is 5.24. The lowest BCUT2D eigenvalue weighted by molar-refractivity contribution is -0.137. The minimum Gasteiger partial charge on any atom is -0.462 e. The summed E-state index contributed by atoms with van der Waals surface area (Å²) in [6.07, 6.45) is -4.41. The van der Waals surface area contributed by atoms with Crippen molar-refractivity contribution in [2.24, 2.45) is 0 Å². The van der Waals surface area contributed by atoms with Crippen LogP contribution in [0.2, 0.25) is 0 Å². The maximum atomic E-state index is 12.5. The fourth-order valence-electron chi connectivity index (χ4n) is 2.13. The summed E-state index contributed by atoms with van der Waals surface area (Å²) in [5.41, 5.74) is 0.116. The van der Waals surface area contributed by atoms with Gasteiger partial charge in [-0.25, -0.2) is 4.79 Å². The molecule has 0 radical (unpaired) electrons. The molecule has 138 valence electrons. The molecule has 1 amide bonds. The van der Waals surface area contributed by atoms with E-state index in [-0.39, 0.29) is 18.7 Å². The van der Waals surface area contributed by atoms with Crippen molar-refractivity contribution in [1.29, 1.82) is 0 Å². The summed E-state index contributed by atoms with van der Waals surface area (Å²) in [6, 6.07) is 10.7. The molecule has 2 aromatic rings. The Balaban J connectivity index is 1.96. The third kappa shape index (κ3) is 5.23. The standard InChI is InChI=1S/C18H17F3N2O3/c1-2-26-17(25)14-5-3-4-6-15(14)23-16(24)11-22-13-9-7-12(8-10-13)18(19,20)21/h3-10,22H,2,11H2,1H3,(H,23,24). The lowest BCUT2D eigenvalue weighted by atomic mass is 10.2. The molecule has 0 bridgehead atoms. The fourth-order valence-corrected chi connectivity index (χ4v) is 2.13. The molecule has 0 atom stereocenters. The highest BCUT2D eigenvalue weighted by atomic mass is 19.4. The number of halogens is 3. The van der Waals surface area contributed by atoms with Gasteiger partial charge in [0.05, 0.1) is 30.0 Å². The van der Waals surface area contributed by atoms with Gasteiger partial charge in [0.1, 0.15) is 0 Å². The Bertz CT molecular complexity index is 774. The number of carbonyl (C=O) groups is 2. The molecule has 0 unspecified atom stereocenters. The van der Waals surface area contributed by atoms with Crippen LogP contribution in [0.4, 0.5) is 24.5 Å². The number of rotatable bonds is 6. The quantitative estimate of drug-likeness (QED) is 0.760. The van der Waals surface area contributed by atoms with Crippen molar-refractivity contribution in [1.82, 2.24) is 0 Å². The first-order valence-electron chi connectivity index (χ1n) is 7.78. The van der Waals surface area contributed by atoms with Crippen molar-refractivity contribution in [2.45, 2.75) is 13.1 Å². The van der Waals surface area contributed by atoms with E-state index in [4.69, 9.17) is 4.74 Å². The van der Waals surface area contributed by atoms with Crippen molar-refractivity contribution >= 4 is 23.3 Å². The maximum absolute atomic E-state index is 12.5. The summed E-state index contributed by atoms with van der Waals surface area (Å²) in [6.45, 7) is 1.70. The minimum absolute atomic E-state index is 0.178. The summed E-state index contributed by atoms with van der Waals surface area (Å²) in [4.78, 5) is 23.9. The summed E-state index contributed by atoms with van der Waals surface area (Å²) >= 11 is 0. The van der Waals surface area contributed by atoms with Gasteiger partial charge in [0.25, 0.3) is 0 Å². The molecule has 0 aliphatic rings. The van der Waals surface area contributed by atoms with Crippen LogP contribution in [0.1, 0.15) is 22.8 Å². The number of esters is 1. The van der Waals surface area contributed by atoms with Crippen LogP contribution in [0.5, 0.6) is 0 Å². The van der Waals surface area contributed by atoms with Gasteiger partial charge in [-0.1, -0.05) is 12.1 Å². The first-order valence-corrected chi connectivity index (χ1v) is 7.78. The van der Waals surface area contributed by atoms with E-state index in [1.165, 1.54) is 18.2 Å². The zero-order valence-electron chi connectivity index (χ0n) is 13.9. The number of amides is 1. The van der Waals surface area contributed by atoms with Crippen molar-refractivity contribution in [3.8, 4) is 0 Å². The van der Waals surface area contributed by atoms with E-state index < -0.39 is 23.6 Å². The molecule has 2 aromatic carbocycles. The van der Waals surface area contributed by atoms with E-state index >= 15 is 0 Å². The Kier molecular flexibility index (Phi) is 6.21. The number of carbonyl (C=O) groups excluding carboxylic acids is 2. The highest BCUT2D eigenvalue weighted by Gasteiger charge is 2.29. The smallest absolute Gasteiger partial charge is 0.416 e. The van der Waals surface area contributed by atoms with Crippen LogP contribution < -0.4 is 10.6 Å². The van der Waals surface area contributed by atoms with Crippen LogP contribution in [0, 0.1) is 0 Å². The van der Waals surface area contributed by atoms with Crippen molar-refractivity contribution < 1.29 is 27.5 Å². The highest BCUT2D eigenvalue weighted by Crippen LogP contribution is 2.29. The van der Waals surface area contributed by atoms with Gasteiger partial charge >= 0.3 is 12.1 Å². The zero-order valence-corrected chi connectivity index (χ0v) is 13.9. The predicted molar refractivity (Wildman–Crippen MR) is 91.0 cm³/mol. The van der Waals surface area contributed by atoms with Gasteiger partial charge in [0, 0.05) is 5.69 Å².